The van der Waals surface area contributed by atoms with Gasteiger partial charge < -0.3 is 5.32 Å². The van der Waals surface area contributed by atoms with Crippen LogP contribution in [-0.2, 0) is 16.4 Å². The molecule has 1 heterocycles. The molecule has 0 atom stereocenters. The van der Waals surface area contributed by atoms with E-state index in [1.807, 2.05) is 32.0 Å². The molecule has 0 fully saturated rings. The molecule has 1 aliphatic rings. The molecule has 29 heavy (non-hydrogen) atoms. The van der Waals surface area contributed by atoms with Crippen LogP contribution in [0, 0.1) is 13.8 Å². The first kappa shape index (κ1) is 19.2. The molecule has 6 heteroatoms. The number of hydrogen-bond acceptors (Lipinski definition) is 3. The molecule has 0 bridgehead atoms. The van der Waals surface area contributed by atoms with Gasteiger partial charge in [-0.1, -0.05) is 24.3 Å². The molecule has 0 saturated heterocycles. The minimum Gasteiger partial charge on any atom is -0.322 e. The van der Waals surface area contributed by atoms with Crippen molar-refractivity contribution in [2.75, 3.05) is 16.2 Å². The van der Waals surface area contributed by atoms with Gasteiger partial charge in [-0.25, -0.2) is 8.42 Å². The normalized spacial score (nSPS) is 13.2. The zero-order chi connectivity index (χ0) is 20.6. The first-order valence-electron chi connectivity index (χ1n) is 9.45. The second kappa shape index (κ2) is 7.37. The topological polar surface area (TPSA) is 66.5 Å². The summed E-state index contributed by atoms with van der Waals surface area (Å²) in [5.74, 6) is -0.208. The molecule has 148 valence electrons. The molecular formula is C23H22N2O3S. The number of nitrogens with one attached hydrogen (secondary N) is 1. The molecule has 1 N–H and O–H groups in total. The van der Waals surface area contributed by atoms with Crippen LogP contribution in [0.5, 0.6) is 0 Å². The third kappa shape index (κ3) is 3.63. The van der Waals surface area contributed by atoms with Gasteiger partial charge in [-0.15, -0.1) is 0 Å². The number of benzene rings is 3. The number of fused-ring (bicyclic) bond motifs is 1. The van der Waals surface area contributed by atoms with Crippen LogP contribution in [0.25, 0.3) is 0 Å². The first-order chi connectivity index (χ1) is 13.9. The summed E-state index contributed by atoms with van der Waals surface area (Å²) >= 11 is 0. The van der Waals surface area contributed by atoms with Crippen molar-refractivity contribution >= 4 is 27.3 Å². The minimum atomic E-state index is -3.61. The minimum absolute atomic E-state index is 0.208. The molecule has 1 aliphatic heterocycles. The zero-order valence-corrected chi connectivity index (χ0v) is 17.2. The number of rotatable bonds is 4. The van der Waals surface area contributed by atoms with Crippen molar-refractivity contribution < 1.29 is 13.2 Å². The molecule has 4 rings (SSSR count). The van der Waals surface area contributed by atoms with Gasteiger partial charge in [0.15, 0.2) is 0 Å². The summed E-state index contributed by atoms with van der Waals surface area (Å²) in [6, 6.07) is 19.4. The first-order valence-corrected chi connectivity index (χ1v) is 10.9. The highest BCUT2D eigenvalue weighted by Gasteiger charge is 2.31. The van der Waals surface area contributed by atoms with Gasteiger partial charge in [0.1, 0.15) is 0 Å². The SMILES string of the molecule is Cc1ccc(NC(=O)c2ccc3c(c2)CCN3S(=O)(=O)c2ccccc2)cc1C. The number of sulfonamides is 1. The van der Waals surface area contributed by atoms with Gasteiger partial charge in [0.05, 0.1) is 10.6 Å². The van der Waals surface area contributed by atoms with Gasteiger partial charge in [-0.2, -0.15) is 0 Å². The molecular weight excluding hydrogens is 384 g/mol. The van der Waals surface area contributed by atoms with E-state index >= 15 is 0 Å². The van der Waals surface area contributed by atoms with Crippen LogP contribution in [0.15, 0.2) is 71.6 Å². The van der Waals surface area contributed by atoms with Crippen molar-refractivity contribution in [2.24, 2.45) is 0 Å². The van der Waals surface area contributed by atoms with Crippen LogP contribution < -0.4 is 9.62 Å². The molecule has 0 spiro atoms. The summed E-state index contributed by atoms with van der Waals surface area (Å²) in [6.45, 7) is 4.40. The van der Waals surface area contributed by atoms with Gasteiger partial charge in [-0.3, -0.25) is 9.10 Å². The molecule has 0 aromatic heterocycles. The molecule has 5 nitrogen and oxygen atoms in total. The van der Waals surface area contributed by atoms with Crippen LogP contribution in [0.1, 0.15) is 27.0 Å². The Balaban J connectivity index is 1.58. The number of aryl methyl sites for hydroxylation is 2. The summed E-state index contributed by atoms with van der Waals surface area (Å²) in [4.78, 5) is 12.9. The lowest BCUT2D eigenvalue weighted by molar-refractivity contribution is 0.102. The van der Waals surface area contributed by atoms with Gasteiger partial charge in [0, 0.05) is 17.8 Å². The van der Waals surface area contributed by atoms with Gasteiger partial charge in [0.2, 0.25) is 0 Å². The molecule has 0 radical (unpaired) electrons. The van der Waals surface area contributed by atoms with E-state index in [1.165, 1.54) is 9.87 Å². The zero-order valence-electron chi connectivity index (χ0n) is 16.3. The van der Waals surface area contributed by atoms with Crippen molar-refractivity contribution in [2.45, 2.75) is 25.2 Å². The fourth-order valence-corrected chi connectivity index (χ4v) is 5.03. The van der Waals surface area contributed by atoms with Crippen molar-refractivity contribution in [3.8, 4) is 0 Å². The Bertz CT molecular complexity index is 1190. The van der Waals surface area contributed by atoms with Gasteiger partial charge in [-0.05, 0) is 79.4 Å². The molecule has 0 unspecified atom stereocenters. The lowest BCUT2D eigenvalue weighted by Crippen LogP contribution is -2.29. The Hall–Kier alpha value is -3.12. The Morgan fingerprint density at radius 2 is 1.69 bits per heavy atom. The highest BCUT2D eigenvalue weighted by molar-refractivity contribution is 7.92. The average Bonchev–Trinajstić information content (AvgIpc) is 3.15. The van der Waals surface area contributed by atoms with Gasteiger partial charge in [0.25, 0.3) is 15.9 Å². The van der Waals surface area contributed by atoms with Crippen LogP contribution in [0.3, 0.4) is 0 Å². The molecule has 0 aliphatic carbocycles. The van der Waals surface area contributed by atoms with Crippen LogP contribution >= 0.6 is 0 Å². The van der Waals surface area contributed by atoms with Crippen LogP contribution in [-0.4, -0.2) is 20.9 Å². The summed E-state index contributed by atoms with van der Waals surface area (Å²) in [5.41, 5.74) is 5.03. The van der Waals surface area contributed by atoms with E-state index in [2.05, 4.69) is 5.32 Å². The maximum Gasteiger partial charge on any atom is 0.264 e. The number of carbonyl (C=O) groups is 1. The Morgan fingerprint density at radius 3 is 2.41 bits per heavy atom. The van der Waals surface area contributed by atoms with Crippen molar-refractivity contribution in [1.82, 2.24) is 0 Å². The lowest BCUT2D eigenvalue weighted by Gasteiger charge is -2.19. The monoisotopic (exact) mass is 406 g/mol. The van der Waals surface area contributed by atoms with E-state index in [4.69, 9.17) is 0 Å². The van der Waals surface area contributed by atoms with Gasteiger partial charge >= 0.3 is 0 Å². The van der Waals surface area contributed by atoms with E-state index < -0.39 is 10.0 Å². The highest BCUT2D eigenvalue weighted by atomic mass is 32.2. The van der Waals surface area contributed by atoms with Crippen LogP contribution in [0.2, 0.25) is 0 Å². The number of carbonyl (C=O) groups excluding carboxylic acids is 1. The smallest absolute Gasteiger partial charge is 0.264 e. The third-order valence-electron chi connectivity index (χ3n) is 5.29. The number of nitrogens with zero attached hydrogens (tertiary/aromatic N) is 1. The van der Waals surface area contributed by atoms with Crippen LogP contribution in [0.4, 0.5) is 11.4 Å². The Kier molecular flexibility index (Phi) is 4.88. The number of hydrogen-bond donors (Lipinski definition) is 1. The second-order valence-corrected chi connectivity index (χ2v) is 9.10. The van der Waals surface area contributed by atoms with E-state index in [9.17, 15) is 13.2 Å². The summed E-state index contributed by atoms with van der Waals surface area (Å²) in [6.07, 6.45) is 0.576. The molecule has 3 aromatic rings. The quantitative estimate of drug-likeness (QED) is 0.702. The summed E-state index contributed by atoms with van der Waals surface area (Å²) < 4.78 is 27.3. The average molecular weight is 407 g/mol. The lowest BCUT2D eigenvalue weighted by atomic mass is 10.1. The molecule has 0 saturated carbocycles. The maximum absolute atomic E-state index is 13.0. The van der Waals surface area contributed by atoms with Crippen molar-refractivity contribution in [3.63, 3.8) is 0 Å². The van der Waals surface area contributed by atoms with E-state index in [0.717, 1.165) is 16.8 Å². The number of anilines is 2. The number of amides is 1. The van der Waals surface area contributed by atoms with Crippen molar-refractivity contribution in [3.05, 3.63) is 89.0 Å². The predicted octanol–water partition coefficient (Wildman–Crippen LogP) is 4.31. The Labute approximate surface area is 171 Å². The van der Waals surface area contributed by atoms with Crippen molar-refractivity contribution in [1.29, 1.82) is 0 Å². The maximum atomic E-state index is 13.0. The fraction of sp³-hybridized carbons (Fsp3) is 0.174. The van der Waals surface area contributed by atoms with E-state index in [1.54, 1.807) is 48.5 Å². The predicted molar refractivity (Wildman–Crippen MR) is 115 cm³/mol. The molecule has 1 amide bonds. The second-order valence-electron chi connectivity index (χ2n) is 7.24. The fourth-order valence-electron chi connectivity index (χ4n) is 3.50. The van der Waals surface area contributed by atoms with E-state index in [-0.39, 0.29) is 10.8 Å². The third-order valence-corrected chi connectivity index (χ3v) is 7.12. The summed E-state index contributed by atoms with van der Waals surface area (Å²) in [5, 5.41) is 2.91. The molecule has 3 aromatic carbocycles. The van der Waals surface area contributed by atoms with E-state index in [0.29, 0.717) is 24.2 Å². The highest BCUT2D eigenvalue weighted by Crippen LogP contribution is 2.33. The summed E-state index contributed by atoms with van der Waals surface area (Å²) in [7, 11) is -3.61. The standard InChI is InChI=1S/C23H22N2O3S/c1-16-8-10-20(14-17(16)2)24-23(26)19-9-11-22-18(15-19)12-13-25(22)29(27,28)21-6-4-3-5-7-21/h3-11,14-15H,12-13H2,1-2H3,(H,24,26). The largest absolute Gasteiger partial charge is 0.322 e. The Morgan fingerprint density at radius 1 is 0.931 bits per heavy atom.